The molecule has 0 amide bonds. The van der Waals surface area contributed by atoms with Gasteiger partial charge >= 0.3 is 0 Å². The lowest BCUT2D eigenvalue weighted by Crippen LogP contribution is -2.56. The molecule has 1 fully saturated rings. The summed E-state index contributed by atoms with van der Waals surface area (Å²) in [4.78, 5) is 2.43. The molecular weight excluding hydrogens is 196 g/mol. The van der Waals surface area contributed by atoms with Gasteiger partial charge in [0.1, 0.15) is 0 Å². The number of piperidine rings is 1. The van der Waals surface area contributed by atoms with E-state index in [0.717, 1.165) is 19.5 Å². The van der Waals surface area contributed by atoms with Crippen LogP contribution in [0, 0.1) is 0 Å². The Kier molecular flexibility index (Phi) is 3.62. The third kappa shape index (κ3) is 2.83. The highest BCUT2D eigenvalue weighted by Crippen LogP contribution is 2.20. The van der Waals surface area contributed by atoms with Crippen molar-refractivity contribution in [3.05, 3.63) is 35.9 Å². The number of nitrogens with zero attached hydrogens (tertiary/aromatic N) is 1. The third-order valence-electron chi connectivity index (χ3n) is 3.48. The zero-order valence-corrected chi connectivity index (χ0v) is 10.2. The first-order chi connectivity index (χ1) is 7.68. The molecule has 1 aromatic rings. The number of likely N-dealkylation sites (tertiary alicyclic amines) is 1. The van der Waals surface area contributed by atoms with Crippen LogP contribution in [0.2, 0.25) is 0 Å². The summed E-state index contributed by atoms with van der Waals surface area (Å²) in [5.41, 5.74) is 7.59. The zero-order valence-electron chi connectivity index (χ0n) is 10.2. The first kappa shape index (κ1) is 11.6. The van der Waals surface area contributed by atoms with Gasteiger partial charge in [-0.1, -0.05) is 36.8 Å². The average Bonchev–Trinajstić information content (AvgIpc) is 2.31. The van der Waals surface area contributed by atoms with Crippen LogP contribution < -0.4 is 5.73 Å². The van der Waals surface area contributed by atoms with Crippen LogP contribution in [-0.2, 0) is 6.42 Å². The zero-order chi connectivity index (χ0) is 11.4. The van der Waals surface area contributed by atoms with E-state index in [1.54, 1.807) is 0 Å². The summed E-state index contributed by atoms with van der Waals surface area (Å²) in [6.45, 7) is 4.46. The number of benzene rings is 1. The predicted molar refractivity (Wildman–Crippen MR) is 68.2 cm³/mol. The fourth-order valence-corrected chi connectivity index (χ4v) is 2.53. The van der Waals surface area contributed by atoms with E-state index in [0.29, 0.717) is 0 Å². The smallest absolute Gasteiger partial charge is 0.0699 e. The normalized spacial score (nSPS) is 21.6. The SMILES string of the molecule is CC(N)(Cc1ccccc1)N1CCCCC1. The maximum atomic E-state index is 6.45. The molecule has 1 atom stereocenters. The lowest BCUT2D eigenvalue weighted by atomic mass is 9.98. The van der Waals surface area contributed by atoms with E-state index in [1.165, 1.54) is 24.8 Å². The molecule has 2 rings (SSSR count). The molecule has 1 saturated heterocycles. The Morgan fingerprint density at radius 2 is 1.75 bits per heavy atom. The van der Waals surface area contributed by atoms with Crippen molar-refractivity contribution in [2.24, 2.45) is 5.73 Å². The van der Waals surface area contributed by atoms with E-state index in [1.807, 2.05) is 0 Å². The minimum atomic E-state index is -0.193. The Hall–Kier alpha value is -0.860. The Morgan fingerprint density at radius 1 is 1.12 bits per heavy atom. The monoisotopic (exact) mass is 218 g/mol. The molecule has 0 radical (unpaired) electrons. The molecule has 0 saturated carbocycles. The van der Waals surface area contributed by atoms with Gasteiger partial charge in [0.05, 0.1) is 5.66 Å². The topological polar surface area (TPSA) is 29.3 Å². The minimum Gasteiger partial charge on any atom is -0.313 e. The maximum Gasteiger partial charge on any atom is 0.0699 e. The molecule has 88 valence electrons. The molecular formula is C14H22N2. The average molecular weight is 218 g/mol. The van der Waals surface area contributed by atoms with Crippen molar-refractivity contribution in [1.82, 2.24) is 4.90 Å². The van der Waals surface area contributed by atoms with Gasteiger partial charge in [0, 0.05) is 6.42 Å². The Balaban J connectivity index is 2.01. The second kappa shape index (κ2) is 4.98. The molecule has 1 unspecified atom stereocenters. The molecule has 0 spiro atoms. The summed E-state index contributed by atoms with van der Waals surface area (Å²) in [5, 5.41) is 0. The number of rotatable bonds is 3. The number of nitrogens with two attached hydrogens (primary N) is 1. The summed E-state index contributed by atoms with van der Waals surface area (Å²) in [6.07, 6.45) is 4.88. The molecule has 1 aromatic carbocycles. The first-order valence-electron chi connectivity index (χ1n) is 6.26. The molecule has 16 heavy (non-hydrogen) atoms. The number of hydrogen-bond acceptors (Lipinski definition) is 2. The van der Waals surface area contributed by atoms with Gasteiger partial charge in [-0.2, -0.15) is 0 Å². The first-order valence-corrected chi connectivity index (χ1v) is 6.26. The van der Waals surface area contributed by atoms with E-state index < -0.39 is 0 Å². The van der Waals surface area contributed by atoms with E-state index in [9.17, 15) is 0 Å². The number of hydrogen-bond donors (Lipinski definition) is 1. The molecule has 1 heterocycles. The fourth-order valence-electron chi connectivity index (χ4n) is 2.53. The third-order valence-corrected chi connectivity index (χ3v) is 3.48. The summed E-state index contributed by atoms with van der Waals surface area (Å²) >= 11 is 0. The van der Waals surface area contributed by atoms with Gasteiger partial charge in [-0.25, -0.2) is 0 Å². The fraction of sp³-hybridized carbons (Fsp3) is 0.571. The largest absolute Gasteiger partial charge is 0.313 e. The van der Waals surface area contributed by atoms with E-state index in [-0.39, 0.29) is 5.66 Å². The van der Waals surface area contributed by atoms with Crippen LogP contribution in [0.5, 0.6) is 0 Å². The van der Waals surface area contributed by atoms with Crippen LogP contribution in [0.25, 0.3) is 0 Å². The van der Waals surface area contributed by atoms with E-state index in [2.05, 4.69) is 42.2 Å². The van der Waals surface area contributed by atoms with Crippen molar-refractivity contribution in [3.63, 3.8) is 0 Å². The van der Waals surface area contributed by atoms with Crippen LogP contribution in [-0.4, -0.2) is 23.7 Å². The van der Waals surface area contributed by atoms with E-state index in [4.69, 9.17) is 5.73 Å². The van der Waals surface area contributed by atoms with Crippen molar-refractivity contribution in [2.45, 2.75) is 38.3 Å². The van der Waals surface area contributed by atoms with Gasteiger partial charge in [0.15, 0.2) is 0 Å². The van der Waals surface area contributed by atoms with Crippen LogP contribution in [0.3, 0.4) is 0 Å². The molecule has 0 aliphatic carbocycles. The summed E-state index contributed by atoms with van der Waals surface area (Å²) in [6, 6.07) is 10.5. The molecule has 0 bridgehead atoms. The van der Waals surface area contributed by atoms with Crippen LogP contribution >= 0.6 is 0 Å². The molecule has 2 nitrogen and oxygen atoms in total. The van der Waals surface area contributed by atoms with Crippen LogP contribution in [0.1, 0.15) is 31.7 Å². The standard InChI is InChI=1S/C14H22N2/c1-14(15,16-10-6-3-7-11-16)12-13-8-4-2-5-9-13/h2,4-5,8-9H,3,6-7,10-12,15H2,1H3. The van der Waals surface area contributed by atoms with Gasteiger partial charge in [-0.05, 0) is 38.4 Å². The highest BCUT2D eigenvalue weighted by atomic mass is 15.3. The van der Waals surface area contributed by atoms with Crippen LogP contribution in [0.4, 0.5) is 0 Å². The lowest BCUT2D eigenvalue weighted by molar-refractivity contribution is 0.0856. The Bertz CT molecular complexity index is 313. The summed E-state index contributed by atoms with van der Waals surface area (Å²) < 4.78 is 0. The summed E-state index contributed by atoms with van der Waals surface area (Å²) in [7, 11) is 0. The van der Waals surface area contributed by atoms with Gasteiger partial charge < -0.3 is 5.73 Å². The van der Waals surface area contributed by atoms with Gasteiger partial charge in [-0.3, -0.25) is 4.90 Å². The van der Waals surface area contributed by atoms with Gasteiger partial charge in [0.2, 0.25) is 0 Å². The van der Waals surface area contributed by atoms with Gasteiger partial charge in [0.25, 0.3) is 0 Å². The van der Waals surface area contributed by atoms with Crippen molar-refractivity contribution in [3.8, 4) is 0 Å². The lowest BCUT2D eigenvalue weighted by Gasteiger charge is -2.40. The van der Waals surface area contributed by atoms with Crippen molar-refractivity contribution in [2.75, 3.05) is 13.1 Å². The van der Waals surface area contributed by atoms with Crippen LogP contribution in [0.15, 0.2) is 30.3 Å². The highest BCUT2D eigenvalue weighted by molar-refractivity contribution is 5.17. The second-order valence-corrected chi connectivity index (χ2v) is 5.07. The molecule has 0 aromatic heterocycles. The van der Waals surface area contributed by atoms with E-state index >= 15 is 0 Å². The Morgan fingerprint density at radius 3 is 2.38 bits per heavy atom. The highest BCUT2D eigenvalue weighted by Gasteiger charge is 2.28. The quantitative estimate of drug-likeness (QED) is 0.844. The molecule has 2 N–H and O–H groups in total. The van der Waals surface area contributed by atoms with Crippen molar-refractivity contribution >= 4 is 0 Å². The van der Waals surface area contributed by atoms with Crippen molar-refractivity contribution < 1.29 is 0 Å². The van der Waals surface area contributed by atoms with Gasteiger partial charge in [-0.15, -0.1) is 0 Å². The molecule has 1 aliphatic rings. The Labute approximate surface area is 98.4 Å². The molecule has 2 heteroatoms. The second-order valence-electron chi connectivity index (χ2n) is 5.07. The molecule has 1 aliphatic heterocycles. The maximum absolute atomic E-state index is 6.45. The summed E-state index contributed by atoms with van der Waals surface area (Å²) in [5.74, 6) is 0. The minimum absolute atomic E-state index is 0.193. The predicted octanol–water partition coefficient (Wildman–Crippen LogP) is 2.39. The van der Waals surface area contributed by atoms with Crippen molar-refractivity contribution in [1.29, 1.82) is 0 Å².